The summed E-state index contributed by atoms with van der Waals surface area (Å²) in [6.07, 6.45) is 5.25. The van der Waals surface area contributed by atoms with Gasteiger partial charge in [0.2, 0.25) is 10.0 Å². The molecule has 20 heavy (non-hydrogen) atoms. The summed E-state index contributed by atoms with van der Waals surface area (Å²) in [6, 6.07) is 0.0935. The topological polar surface area (TPSA) is 84.7 Å². The number of aliphatic hydroxyl groups excluding tert-OH is 1. The van der Waals surface area contributed by atoms with Crippen molar-refractivity contribution in [2.45, 2.75) is 36.7 Å². The number of aryl methyl sites for hydroxylation is 1. The SMILES string of the molecule is COCCN(C1CC1)S(=O)(=O)c1cnn(CCCO)c1. The van der Waals surface area contributed by atoms with Gasteiger partial charge in [0, 0.05) is 39.0 Å². The van der Waals surface area contributed by atoms with E-state index in [4.69, 9.17) is 9.84 Å². The molecule has 1 aromatic heterocycles. The summed E-state index contributed by atoms with van der Waals surface area (Å²) in [6.45, 7) is 1.32. The maximum atomic E-state index is 12.6. The van der Waals surface area contributed by atoms with Gasteiger partial charge >= 0.3 is 0 Å². The quantitative estimate of drug-likeness (QED) is 0.697. The fourth-order valence-electron chi connectivity index (χ4n) is 2.01. The number of methoxy groups -OCH3 is 1. The molecule has 2 rings (SSSR count). The summed E-state index contributed by atoms with van der Waals surface area (Å²) < 4.78 is 33.2. The first-order valence-corrected chi connectivity index (χ1v) is 8.17. The first-order valence-electron chi connectivity index (χ1n) is 6.73. The highest BCUT2D eigenvalue weighted by Crippen LogP contribution is 2.31. The third-order valence-electron chi connectivity index (χ3n) is 3.23. The molecule has 1 aromatic rings. The van der Waals surface area contributed by atoms with Crippen LogP contribution in [0.3, 0.4) is 0 Å². The van der Waals surface area contributed by atoms with E-state index in [2.05, 4.69) is 5.10 Å². The number of sulfonamides is 1. The van der Waals surface area contributed by atoms with Crippen molar-refractivity contribution in [3.63, 3.8) is 0 Å². The van der Waals surface area contributed by atoms with E-state index < -0.39 is 10.0 Å². The van der Waals surface area contributed by atoms with Gasteiger partial charge < -0.3 is 9.84 Å². The maximum absolute atomic E-state index is 12.6. The van der Waals surface area contributed by atoms with Crippen LogP contribution in [-0.4, -0.2) is 60.5 Å². The lowest BCUT2D eigenvalue weighted by atomic mass is 10.5. The Labute approximate surface area is 119 Å². The number of aromatic nitrogens is 2. The van der Waals surface area contributed by atoms with Crippen molar-refractivity contribution in [2.75, 3.05) is 26.9 Å². The largest absolute Gasteiger partial charge is 0.396 e. The van der Waals surface area contributed by atoms with Gasteiger partial charge in [0.25, 0.3) is 0 Å². The summed E-state index contributed by atoms with van der Waals surface area (Å²) in [5.74, 6) is 0. The van der Waals surface area contributed by atoms with Crippen LogP contribution < -0.4 is 0 Å². The third kappa shape index (κ3) is 3.57. The zero-order valence-electron chi connectivity index (χ0n) is 11.6. The Morgan fingerprint density at radius 2 is 2.30 bits per heavy atom. The molecule has 1 fully saturated rings. The zero-order valence-corrected chi connectivity index (χ0v) is 12.4. The minimum atomic E-state index is -3.51. The van der Waals surface area contributed by atoms with Gasteiger partial charge in [0.05, 0.1) is 12.8 Å². The van der Waals surface area contributed by atoms with Crippen LogP contribution in [0.4, 0.5) is 0 Å². The van der Waals surface area contributed by atoms with Crippen LogP contribution >= 0.6 is 0 Å². The molecule has 1 aliphatic rings. The van der Waals surface area contributed by atoms with Crippen molar-refractivity contribution in [1.82, 2.24) is 14.1 Å². The van der Waals surface area contributed by atoms with Crippen LogP contribution in [0.15, 0.2) is 17.3 Å². The molecule has 0 aliphatic heterocycles. The second-order valence-electron chi connectivity index (χ2n) is 4.86. The van der Waals surface area contributed by atoms with Crippen LogP contribution in [-0.2, 0) is 21.3 Å². The molecule has 0 spiro atoms. The number of rotatable bonds is 9. The van der Waals surface area contributed by atoms with E-state index in [0.717, 1.165) is 12.8 Å². The van der Waals surface area contributed by atoms with Crippen molar-refractivity contribution in [3.8, 4) is 0 Å². The molecule has 0 amide bonds. The molecular formula is C12H21N3O4S. The Balaban J connectivity index is 2.12. The van der Waals surface area contributed by atoms with Crippen LogP contribution in [0.2, 0.25) is 0 Å². The average Bonchev–Trinajstić information content (AvgIpc) is 3.13. The second-order valence-corrected chi connectivity index (χ2v) is 6.75. The van der Waals surface area contributed by atoms with E-state index in [9.17, 15) is 8.42 Å². The number of ether oxygens (including phenoxy) is 1. The minimum absolute atomic E-state index is 0.0595. The molecule has 0 atom stereocenters. The molecule has 0 aromatic carbocycles. The molecule has 1 aliphatic carbocycles. The normalized spacial score (nSPS) is 15.9. The average molecular weight is 303 g/mol. The molecule has 0 saturated heterocycles. The van der Waals surface area contributed by atoms with Gasteiger partial charge in [-0.3, -0.25) is 4.68 Å². The van der Waals surface area contributed by atoms with Crippen molar-refractivity contribution in [1.29, 1.82) is 0 Å². The molecule has 1 saturated carbocycles. The van der Waals surface area contributed by atoms with Gasteiger partial charge in [-0.15, -0.1) is 0 Å². The molecule has 7 nitrogen and oxygen atoms in total. The highest BCUT2D eigenvalue weighted by molar-refractivity contribution is 7.89. The lowest BCUT2D eigenvalue weighted by Gasteiger charge is -2.20. The molecule has 0 radical (unpaired) electrons. The van der Waals surface area contributed by atoms with Crippen LogP contribution in [0.1, 0.15) is 19.3 Å². The smallest absolute Gasteiger partial charge is 0.246 e. The van der Waals surface area contributed by atoms with E-state index in [1.807, 2.05) is 0 Å². The Kier molecular flexibility index (Phi) is 5.14. The Hall–Kier alpha value is -0.960. The summed E-state index contributed by atoms with van der Waals surface area (Å²) in [7, 11) is -1.95. The minimum Gasteiger partial charge on any atom is -0.396 e. The standard InChI is InChI=1S/C12H21N3O4S/c1-19-8-6-15(11-3-4-11)20(17,18)12-9-13-14(10-12)5-2-7-16/h9-11,16H,2-8H2,1H3. The fraction of sp³-hybridized carbons (Fsp3) is 0.750. The summed E-state index contributed by atoms with van der Waals surface area (Å²) >= 11 is 0. The van der Waals surface area contributed by atoms with Gasteiger partial charge in [-0.25, -0.2) is 8.42 Å². The van der Waals surface area contributed by atoms with Gasteiger partial charge in [-0.2, -0.15) is 9.40 Å². The number of hydrogen-bond donors (Lipinski definition) is 1. The second kappa shape index (κ2) is 6.66. The third-order valence-corrected chi connectivity index (χ3v) is 5.14. The van der Waals surface area contributed by atoms with E-state index >= 15 is 0 Å². The van der Waals surface area contributed by atoms with Crippen molar-refractivity contribution in [3.05, 3.63) is 12.4 Å². The molecule has 1 heterocycles. The van der Waals surface area contributed by atoms with E-state index in [0.29, 0.717) is 26.1 Å². The van der Waals surface area contributed by atoms with Crippen molar-refractivity contribution < 1.29 is 18.3 Å². The molecule has 114 valence electrons. The number of nitrogens with zero attached hydrogens (tertiary/aromatic N) is 3. The van der Waals surface area contributed by atoms with Gasteiger partial charge in [-0.05, 0) is 19.3 Å². The van der Waals surface area contributed by atoms with Gasteiger partial charge in [0.1, 0.15) is 4.90 Å². The first-order chi connectivity index (χ1) is 9.59. The van der Waals surface area contributed by atoms with E-state index in [-0.39, 0.29) is 17.5 Å². The highest BCUT2D eigenvalue weighted by Gasteiger charge is 2.38. The summed E-state index contributed by atoms with van der Waals surface area (Å²) in [4.78, 5) is 0.207. The monoisotopic (exact) mass is 303 g/mol. The van der Waals surface area contributed by atoms with Crippen LogP contribution in [0, 0.1) is 0 Å². The lowest BCUT2D eigenvalue weighted by molar-refractivity contribution is 0.177. The van der Waals surface area contributed by atoms with E-state index in [1.165, 1.54) is 16.7 Å². The van der Waals surface area contributed by atoms with Gasteiger partial charge in [-0.1, -0.05) is 0 Å². The first kappa shape index (κ1) is 15.4. The van der Waals surface area contributed by atoms with Crippen LogP contribution in [0.5, 0.6) is 0 Å². The Morgan fingerprint density at radius 1 is 1.55 bits per heavy atom. The maximum Gasteiger partial charge on any atom is 0.246 e. The zero-order chi connectivity index (χ0) is 14.6. The van der Waals surface area contributed by atoms with Crippen molar-refractivity contribution >= 4 is 10.0 Å². The van der Waals surface area contributed by atoms with Crippen LogP contribution in [0.25, 0.3) is 0 Å². The summed E-state index contributed by atoms with van der Waals surface area (Å²) in [5, 5.41) is 12.8. The Bertz CT molecular complexity index is 525. The predicted octanol–water partition coefficient (Wildman–Crippen LogP) is 0.0650. The molecule has 8 heteroatoms. The summed E-state index contributed by atoms with van der Waals surface area (Å²) in [5.41, 5.74) is 0. The predicted molar refractivity (Wildman–Crippen MR) is 72.7 cm³/mol. The fourth-order valence-corrected chi connectivity index (χ4v) is 3.64. The van der Waals surface area contributed by atoms with E-state index in [1.54, 1.807) is 11.8 Å². The number of aliphatic hydroxyl groups is 1. The molecule has 0 unspecified atom stereocenters. The lowest BCUT2D eigenvalue weighted by Crippen LogP contribution is -2.35. The molecular weight excluding hydrogens is 282 g/mol. The molecule has 0 bridgehead atoms. The van der Waals surface area contributed by atoms with Crippen molar-refractivity contribution in [2.24, 2.45) is 0 Å². The Morgan fingerprint density at radius 3 is 2.90 bits per heavy atom. The number of hydrogen-bond acceptors (Lipinski definition) is 5. The molecule has 1 N–H and O–H groups in total. The van der Waals surface area contributed by atoms with Gasteiger partial charge in [0.15, 0.2) is 0 Å². The highest BCUT2D eigenvalue weighted by atomic mass is 32.2.